The second-order valence-electron chi connectivity index (χ2n) is 6.42. The first-order valence-electron chi connectivity index (χ1n) is 7.48. The highest BCUT2D eigenvalue weighted by Gasteiger charge is 2.22. The first-order chi connectivity index (χ1) is 9.82. The Kier molecular flexibility index (Phi) is 4.30. The highest BCUT2D eigenvalue weighted by atomic mass is 15.3. The van der Waals surface area contributed by atoms with E-state index in [4.69, 9.17) is 9.97 Å². The molecule has 0 aliphatic carbocycles. The SMILES string of the molecule is CCCNc1nc(C(C)(C)C)nc(-n2ccc(C)n2)c1C. The highest BCUT2D eigenvalue weighted by molar-refractivity contribution is 5.52. The molecule has 0 bridgehead atoms. The molecule has 1 N–H and O–H groups in total. The van der Waals surface area contributed by atoms with E-state index < -0.39 is 0 Å². The zero-order chi connectivity index (χ0) is 15.6. The summed E-state index contributed by atoms with van der Waals surface area (Å²) in [5, 5.41) is 7.88. The number of nitrogens with one attached hydrogen (secondary N) is 1. The van der Waals surface area contributed by atoms with Crippen molar-refractivity contribution in [3.05, 3.63) is 29.3 Å². The van der Waals surface area contributed by atoms with Gasteiger partial charge in [-0.05, 0) is 26.3 Å². The molecular formula is C16H25N5. The minimum absolute atomic E-state index is 0.104. The van der Waals surface area contributed by atoms with Crippen LogP contribution >= 0.6 is 0 Å². The molecule has 0 radical (unpaired) electrons. The summed E-state index contributed by atoms with van der Waals surface area (Å²) < 4.78 is 1.83. The molecule has 0 saturated heterocycles. The normalized spacial score (nSPS) is 11.7. The molecule has 21 heavy (non-hydrogen) atoms. The van der Waals surface area contributed by atoms with E-state index in [0.717, 1.165) is 41.7 Å². The molecule has 2 aromatic heterocycles. The summed E-state index contributed by atoms with van der Waals surface area (Å²) in [6, 6.07) is 1.98. The quantitative estimate of drug-likeness (QED) is 0.936. The van der Waals surface area contributed by atoms with Crippen molar-refractivity contribution in [1.29, 1.82) is 0 Å². The van der Waals surface area contributed by atoms with Gasteiger partial charge >= 0.3 is 0 Å². The molecule has 5 nitrogen and oxygen atoms in total. The van der Waals surface area contributed by atoms with Crippen LogP contribution in [0.15, 0.2) is 12.3 Å². The fraction of sp³-hybridized carbons (Fsp3) is 0.562. The fourth-order valence-electron chi connectivity index (χ4n) is 2.01. The molecule has 5 heteroatoms. The second-order valence-corrected chi connectivity index (χ2v) is 6.42. The number of hydrogen-bond acceptors (Lipinski definition) is 4. The lowest BCUT2D eigenvalue weighted by atomic mass is 9.95. The monoisotopic (exact) mass is 287 g/mol. The largest absolute Gasteiger partial charge is 0.370 e. The van der Waals surface area contributed by atoms with E-state index in [0.29, 0.717) is 0 Å². The Labute approximate surface area is 126 Å². The average Bonchev–Trinajstić information content (AvgIpc) is 2.82. The van der Waals surface area contributed by atoms with Crippen LogP contribution in [0.3, 0.4) is 0 Å². The number of aromatic nitrogens is 4. The summed E-state index contributed by atoms with van der Waals surface area (Å²) >= 11 is 0. The van der Waals surface area contributed by atoms with Crippen LogP contribution < -0.4 is 5.32 Å². The van der Waals surface area contributed by atoms with Gasteiger partial charge in [-0.2, -0.15) is 5.10 Å². The zero-order valence-electron chi connectivity index (χ0n) is 13.9. The van der Waals surface area contributed by atoms with Crippen LogP contribution in [0.2, 0.25) is 0 Å². The first-order valence-corrected chi connectivity index (χ1v) is 7.48. The Balaban J connectivity index is 2.57. The number of nitrogens with zero attached hydrogens (tertiary/aromatic N) is 4. The molecule has 0 atom stereocenters. The second kappa shape index (κ2) is 5.84. The van der Waals surface area contributed by atoms with Gasteiger partial charge in [-0.15, -0.1) is 0 Å². The maximum Gasteiger partial charge on any atom is 0.162 e. The summed E-state index contributed by atoms with van der Waals surface area (Å²) in [5.74, 6) is 2.58. The third-order valence-electron chi connectivity index (χ3n) is 3.27. The average molecular weight is 287 g/mol. The smallest absolute Gasteiger partial charge is 0.162 e. The molecule has 114 valence electrons. The molecule has 0 saturated carbocycles. The van der Waals surface area contributed by atoms with E-state index in [1.807, 2.05) is 30.8 Å². The van der Waals surface area contributed by atoms with E-state index >= 15 is 0 Å². The minimum Gasteiger partial charge on any atom is -0.370 e. The molecule has 0 aliphatic rings. The van der Waals surface area contributed by atoms with Crippen molar-refractivity contribution in [2.45, 2.75) is 53.4 Å². The zero-order valence-corrected chi connectivity index (χ0v) is 13.9. The first kappa shape index (κ1) is 15.5. The van der Waals surface area contributed by atoms with Gasteiger partial charge in [0.1, 0.15) is 11.6 Å². The van der Waals surface area contributed by atoms with Crippen molar-refractivity contribution in [2.75, 3.05) is 11.9 Å². The van der Waals surface area contributed by atoms with Crippen LogP contribution in [0.5, 0.6) is 0 Å². The van der Waals surface area contributed by atoms with Crippen molar-refractivity contribution < 1.29 is 0 Å². The molecule has 0 fully saturated rings. The van der Waals surface area contributed by atoms with Gasteiger partial charge in [0.2, 0.25) is 0 Å². The van der Waals surface area contributed by atoms with Crippen LogP contribution in [0.1, 0.15) is 51.2 Å². The molecule has 0 spiro atoms. The van der Waals surface area contributed by atoms with Crippen molar-refractivity contribution in [3.8, 4) is 5.82 Å². The number of aryl methyl sites for hydroxylation is 1. The van der Waals surface area contributed by atoms with Gasteiger partial charge in [-0.1, -0.05) is 27.7 Å². The van der Waals surface area contributed by atoms with Crippen molar-refractivity contribution in [3.63, 3.8) is 0 Å². The molecule has 2 aromatic rings. The van der Waals surface area contributed by atoms with Crippen LogP contribution in [-0.2, 0) is 5.41 Å². The van der Waals surface area contributed by atoms with Crippen LogP contribution in [-0.4, -0.2) is 26.3 Å². The van der Waals surface area contributed by atoms with E-state index in [1.165, 1.54) is 0 Å². The van der Waals surface area contributed by atoms with Gasteiger partial charge in [0, 0.05) is 23.7 Å². The fourth-order valence-corrected chi connectivity index (χ4v) is 2.01. The minimum atomic E-state index is -0.104. The van der Waals surface area contributed by atoms with Gasteiger partial charge in [-0.3, -0.25) is 0 Å². The van der Waals surface area contributed by atoms with E-state index in [9.17, 15) is 0 Å². The lowest BCUT2D eigenvalue weighted by Crippen LogP contribution is -2.20. The highest BCUT2D eigenvalue weighted by Crippen LogP contribution is 2.25. The molecule has 0 unspecified atom stereocenters. The Morgan fingerprint density at radius 3 is 2.43 bits per heavy atom. The lowest BCUT2D eigenvalue weighted by Gasteiger charge is -2.20. The van der Waals surface area contributed by atoms with Gasteiger partial charge in [-0.25, -0.2) is 14.6 Å². The predicted octanol–water partition coefficient (Wildman–Crippen LogP) is 3.40. The lowest BCUT2D eigenvalue weighted by molar-refractivity contribution is 0.541. The van der Waals surface area contributed by atoms with Gasteiger partial charge in [0.25, 0.3) is 0 Å². The topological polar surface area (TPSA) is 55.6 Å². The molecular weight excluding hydrogens is 262 g/mol. The van der Waals surface area contributed by atoms with E-state index in [2.05, 4.69) is 38.1 Å². The van der Waals surface area contributed by atoms with Gasteiger partial charge in [0.15, 0.2) is 5.82 Å². The Morgan fingerprint density at radius 2 is 1.90 bits per heavy atom. The van der Waals surface area contributed by atoms with E-state index in [-0.39, 0.29) is 5.41 Å². The summed E-state index contributed by atoms with van der Waals surface area (Å²) in [4.78, 5) is 9.46. The number of anilines is 1. The standard InChI is InChI=1S/C16H25N5/c1-7-9-17-13-12(3)14(21-10-8-11(2)20-21)19-15(18-13)16(4,5)6/h8,10H,7,9H2,1-6H3,(H,17,18,19). The predicted molar refractivity (Wildman–Crippen MR) is 86.1 cm³/mol. The summed E-state index contributed by atoms with van der Waals surface area (Å²) in [5.41, 5.74) is 1.90. The maximum absolute atomic E-state index is 4.75. The molecule has 0 amide bonds. The van der Waals surface area contributed by atoms with Crippen LogP contribution in [0.25, 0.3) is 5.82 Å². The Hall–Kier alpha value is -1.91. The van der Waals surface area contributed by atoms with Crippen molar-refractivity contribution >= 4 is 5.82 Å². The van der Waals surface area contributed by atoms with Crippen molar-refractivity contribution in [1.82, 2.24) is 19.7 Å². The summed E-state index contributed by atoms with van der Waals surface area (Å²) in [7, 11) is 0. The van der Waals surface area contributed by atoms with Gasteiger partial charge in [0.05, 0.1) is 5.69 Å². The van der Waals surface area contributed by atoms with Crippen molar-refractivity contribution in [2.24, 2.45) is 0 Å². The summed E-state index contributed by atoms with van der Waals surface area (Å²) in [6.45, 7) is 13.4. The molecule has 2 rings (SSSR count). The summed E-state index contributed by atoms with van der Waals surface area (Å²) in [6.07, 6.45) is 3.01. The molecule has 2 heterocycles. The third kappa shape index (κ3) is 3.40. The van der Waals surface area contributed by atoms with Crippen LogP contribution in [0.4, 0.5) is 5.82 Å². The van der Waals surface area contributed by atoms with E-state index in [1.54, 1.807) is 0 Å². The van der Waals surface area contributed by atoms with Gasteiger partial charge < -0.3 is 5.32 Å². The third-order valence-corrected chi connectivity index (χ3v) is 3.27. The molecule has 0 aromatic carbocycles. The number of hydrogen-bond donors (Lipinski definition) is 1. The number of rotatable bonds is 4. The molecule has 0 aliphatic heterocycles. The maximum atomic E-state index is 4.75. The Morgan fingerprint density at radius 1 is 1.19 bits per heavy atom. The Bertz CT molecular complexity index is 622. The van der Waals surface area contributed by atoms with Crippen LogP contribution in [0, 0.1) is 13.8 Å².